The van der Waals surface area contributed by atoms with Crippen molar-refractivity contribution in [3.63, 3.8) is 0 Å². The van der Waals surface area contributed by atoms with Gasteiger partial charge < -0.3 is 10.6 Å². The summed E-state index contributed by atoms with van der Waals surface area (Å²) in [6.45, 7) is 5.97. The van der Waals surface area contributed by atoms with E-state index in [4.69, 9.17) is 17.3 Å². The van der Waals surface area contributed by atoms with Crippen molar-refractivity contribution >= 4 is 53.7 Å². The summed E-state index contributed by atoms with van der Waals surface area (Å²) in [6, 6.07) is 3.59. The van der Waals surface area contributed by atoms with Crippen LogP contribution in [0.4, 0.5) is 0 Å². The Morgan fingerprint density at radius 3 is 2.40 bits per heavy atom. The molecule has 2 heterocycles. The van der Waals surface area contributed by atoms with Crippen LogP contribution in [0.5, 0.6) is 0 Å². The second-order valence-electron chi connectivity index (χ2n) is 4.60. The molecule has 0 unspecified atom stereocenters. The molecule has 1 saturated heterocycles. The van der Waals surface area contributed by atoms with Gasteiger partial charge in [-0.1, -0.05) is 11.6 Å². The minimum atomic E-state index is -0.396. The average molecular weight is 361 g/mol. The SMILES string of the molecule is C[C@@H](N)C(=O)N1CCN(Cc2ccc(Cl)s2)CC1.Cl.Cl. The molecule has 1 amide bonds. The monoisotopic (exact) mass is 359 g/mol. The third-order valence-electron chi connectivity index (χ3n) is 3.08. The molecule has 1 aromatic rings. The lowest BCUT2D eigenvalue weighted by atomic mass is 10.2. The molecule has 20 heavy (non-hydrogen) atoms. The number of piperazine rings is 1. The molecule has 2 rings (SSSR count). The fourth-order valence-corrected chi connectivity index (χ4v) is 3.20. The van der Waals surface area contributed by atoms with Gasteiger partial charge in [-0.2, -0.15) is 0 Å². The van der Waals surface area contributed by atoms with E-state index < -0.39 is 6.04 Å². The van der Waals surface area contributed by atoms with Crippen LogP contribution in [-0.2, 0) is 11.3 Å². The summed E-state index contributed by atoms with van der Waals surface area (Å²) in [6.07, 6.45) is 0. The maximum atomic E-state index is 11.7. The quantitative estimate of drug-likeness (QED) is 0.899. The molecule has 1 aliphatic rings. The molecule has 2 N–H and O–H groups in total. The molecule has 0 aromatic carbocycles. The van der Waals surface area contributed by atoms with Crippen molar-refractivity contribution in [2.75, 3.05) is 26.2 Å². The van der Waals surface area contributed by atoms with Crippen molar-refractivity contribution in [2.24, 2.45) is 5.73 Å². The number of nitrogens with zero attached hydrogens (tertiary/aromatic N) is 2. The Balaban J connectivity index is 0.00000180. The van der Waals surface area contributed by atoms with E-state index in [2.05, 4.69) is 11.0 Å². The maximum Gasteiger partial charge on any atom is 0.239 e. The van der Waals surface area contributed by atoms with Gasteiger partial charge in [0.15, 0.2) is 0 Å². The van der Waals surface area contributed by atoms with E-state index >= 15 is 0 Å². The zero-order chi connectivity index (χ0) is 13.1. The Morgan fingerprint density at radius 2 is 1.95 bits per heavy atom. The van der Waals surface area contributed by atoms with Gasteiger partial charge in [-0.05, 0) is 19.1 Å². The van der Waals surface area contributed by atoms with Gasteiger partial charge in [0.05, 0.1) is 10.4 Å². The number of carbonyl (C=O) groups excluding carboxylic acids is 1. The number of hydrogen-bond donors (Lipinski definition) is 1. The normalized spacial score (nSPS) is 17.1. The molecule has 1 aromatic heterocycles. The number of rotatable bonds is 3. The highest BCUT2D eigenvalue weighted by Gasteiger charge is 2.23. The summed E-state index contributed by atoms with van der Waals surface area (Å²) in [5.41, 5.74) is 5.61. The molecule has 0 bridgehead atoms. The van der Waals surface area contributed by atoms with Crippen molar-refractivity contribution < 1.29 is 4.79 Å². The fourth-order valence-electron chi connectivity index (χ4n) is 2.07. The Labute approximate surface area is 141 Å². The number of nitrogens with two attached hydrogens (primary N) is 1. The van der Waals surface area contributed by atoms with Crippen molar-refractivity contribution in [3.8, 4) is 0 Å². The molecule has 1 atom stereocenters. The molecule has 4 nitrogen and oxygen atoms in total. The molecule has 1 fully saturated rings. The topological polar surface area (TPSA) is 49.6 Å². The Morgan fingerprint density at radius 1 is 1.35 bits per heavy atom. The molecule has 0 aliphatic carbocycles. The van der Waals surface area contributed by atoms with Crippen LogP contribution in [-0.4, -0.2) is 47.9 Å². The first-order valence-electron chi connectivity index (χ1n) is 6.07. The Hall–Kier alpha value is -0.0400. The smallest absolute Gasteiger partial charge is 0.239 e. The number of amides is 1. The van der Waals surface area contributed by atoms with Crippen LogP contribution < -0.4 is 5.73 Å². The van der Waals surface area contributed by atoms with E-state index in [0.29, 0.717) is 0 Å². The Kier molecular flexibility index (Phi) is 9.06. The highest BCUT2D eigenvalue weighted by Crippen LogP contribution is 2.23. The van der Waals surface area contributed by atoms with Gasteiger partial charge in [0.25, 0.3) is 0 Å². The standard InChI is InChI=1S/C12H18ClN3OS.2ClH/c1-9(14)12(17)16-6-4-15(5-7-16)8-10-2-3-11(13)18-10;;/h2-3,9H,4-8,14H2,1H3;2*1H/t9-;;/m1../s1. The second-order valence-corrected chi connectivity index (χ2v) is 6.40. The number of carbonyl (C=O) groups is 1. The number of thiophene rings is 1. The van der Waals surface area contributed by atoms with E-state index in [1.54, 1.807) is 18.3 Å². The number of halogens is 3. The first kappa shape index (κ1) is 20.0. The van der Waals surface area contributed by atoms with Gasteiger partial charge in [-0.25, -0.2) is 0 Å². The lowest BCUT2D eigenvalue weighted by Gasteiger charge is -2.35. The molecule has 0 spiro atoms. The van der Waals surface area contributed by atoms with Gasteiger partial charge in [0.1, 0.15) is 0 Å². The largest absolute Gasteiger partial charge is 0.339 e. The molecule has 0 saturated carbocycles. The van der Waals surface area contributed by atoms with E-state index in [9.17, 15) is 4.79 Å². The highest BCUT2D eigenvalue weighted by atomic mass is 35.5. The molecule has 8 heteroatoms. The van der Waals surface area contributed by atoms with E-state index in [-0.39, 0.29) is 30.7 Å². The first-order chi connectivity index (χ1) is 8.56. The zero-order valence-corrected chi connectivity index (χ0v) is 14.5. The summed E-state index contributed by atoms with van der Waals surface area (Å²) in [5, 5.41) is 0. The van der Waals surface area contributed by atoms with Crippen LogP contribution in [0.2, 0.25) is 4.34 Å². The summed E-state index contributed by atoms with van der Waals surface area (Å²) >= 11 is 7.53. The van der Waals surface area contributed by atoms with Crippen LogP contribution >= 0.6 is 47.8 Å². The summed E-state index contributed by atoms with van der Waals surface area (Å²) in [4.78, 5) is 17.2. The lowest BCUT2D eigenvalue weighted by Crippen LogP contribution is -2.52. The van der Waals surface area contributed by atoms with Crippen molar-refractivity contribution in [1.82, 2.24) is 9.80 Å². The number of hydrogen-bond acceptors (Lipinski definition) is 4. The second kappa shape index (κ2) is 9.07. The van der Waals surface area contributed by atoms with Crippen LogP contribution in [0.3, 0.4) is 0 Å². The van der Waals surface area contributed by atoms with Gasteiger partial charge in [-0.3, -0.25) is 9.69 Å². The minimum Gasteiger partial charge on any atom is -0.339 e. The van der Waals surface area contributed by atoms with Gasteiger partial charge in [0, 0.05) is 37.6 Å². The molecule has 0 radical (unpaired) electrons. The van der Waals surface area contributed by atoms with Crippen molar-refractivity contribution in [2.45, 2.75) is 19.5 Å². The Bertz CT molecular complexity index is 420. The highest BCUT2D eigenvalue weighted by molar-refractivity contribution is 7.16. The molecule has 1 aliphatic heterocycles. The van der Waals surface area contributed by atoms with E-state index in [1.165, 1.54) is 4.88 Å². The van der Waals surface area contributed by atoms with Crippen LogP contribution in [0, 0.1) is 0 Å². The van der Waals surface area contributed by atoms with Gasteiger partial charge in [0.2, 0.25) is 5.91 Å². The minimum absolute atomic E-state index is 0. The molecule has 116 valence electrons. The van der Waals surface area contributed by atoms with Gasteiger partial charge >= 0.3 is 0 Å². The van der Waals surface area contributed by atoms with Crippen molar-refractivity contribution in [3.05, 3.63) is 21.3 Å². The van der Waals surface area contributed by atoms with E-state index in [0.717, 1.165) is 37.1 Å². The van der Waals surface area contributed by atoms with Crippen molar-refractivity contribution in [1.29, 1.82) is 0 Å². The third-order valence-corrected chi connectivity index (χ3v) is 4.30. The maximum absolute atomic E-state index is 11.7. The van der Waals surface area contributed by atoms with Gasteiger partial charge in [-0.15, -0.1) is 36.2 Å². The molecular formula is C12H20Cl3N3OS. The first-order valence-corrected chi connectivity index (χ1v) is 7.26. The van der Waals surface area contributed by atoms with Crippen LogP contribution in [0.1, 0.15) is 11.8 Å². The average Bonchev–Trinajstić information content (AvgIpc) is 2.75. The summed E-state index contributed by atoms with van der Waals surface area (Å²) in [5.74, 6) is 0.0498. The summed E-state index contributed by atoms with van der Waals surface area (Å²) in [7, 11) is 0. The third kappa shape index (κ3) is 5.39. The van der Waals surface area contributed by atoms with Crippen LogP contribution in [0.25, 0.3) is 0 Å². The summed E-state index contributed by atoms with van der Waals surface area (Å²) < 4.78 is 0.829. The molecular weight excluding hydrogens is 341 g/mol. The lowest BCUT2D eigenvalue weighted by molar-refractivity contribution is -0.134. The predicted octanol–water partition coefficient (Wildman–Crippen LogP) is 2.24. The van der Waals surface area contributed by atoms with E-state index in [1.807, 2.05) is 11.0 Å². The van der Waals surface area contributed by atoms with Crippen LogP contribution in [0.15, 0.2) is 12.1 Å². The fraction of sp³-hybridized carbons (Fsp3) is 0.583. The predicted molar refractivity (Wildman–Crippen MR) is 89.3 cm³/mol. The zero-order valence-electron chi connectivity index (χ0n) is 11.3.